The Labute approximate surface area is 89.0 Å². The minimum absolute atomic E-state index is 0. The third-order valence-electron chi connectivity index (χ3n) is 2.21. The Morgan fingerprint density at radius 2 is 0.750 bits per heavy atom. The molecule has 12 heavy (non-hydrogen) atoms. The summed E-state index contributed by atoms with van der Waals surface area (Å²) in [4.78, 5) is 0. The van der Waals surface area contributed by atoms with E-state index in [9.17, 15) is 0 Å². The standard InChI is InChI=1S/C11H24.Cu/c1-3-5-7-9-11-10-8-6-4-2;/h3-11H2,1-2H3;. The predicted octanol–water partition coefficient (Wildman–Crippen LogP) is 4.53. The Kier molecular flexibility index (Phi) is 17.6. The SMILES string of the molecule is CCCCCCCCCCC.[Cu]. The Hall–Kier alpha value is 0.519. The van der Waals surface area contributed by atoms with Crippen LogP contribution in [0.15, 0.2) is 0 Å². The van der Waals surface area contributed by atoms with Crippen molar-refractivity contribution in [2.24, 2.45) is 0 Å². The van der Waals surface area contributed by atoms with Crippen molar-refractivity contribution in [3.05, 3.63) is 0 Å². The average Bonchev–Trinajstić information content (AvgIpc) is 2.03. The van der Waals surface area contributed by atoms with E-state index in [1.165, 1.54) is 57.8 Å². The summed E-state index contributed by atoms with van der Waals surface area (Å²) in [6, 6.07) is 0. The van der Waals surface area contributed by atoms with Crippen molar-refractivity contribution in [2.45, 2.75) is 71.6 Å². The molecular weight excluding hydrogens is 196 g/mol. The van der Waals surface area contributed by atoms with Gasteiger partial charge in [0.1, 0.15) is 0 Å². The third-order valence-corrected chi connectivity index (χ3v) is 2.21. The average molecular weight is 220 g/mol. The maximum atomic E-state index is 2.27. The molecule has 0 N–H and O–H groups in total. The fourth-order valence-electron chi connectivity index (χ4n) is 1.38. The van der Waals surface area contributed by atoms with E-state index >= 15 is 0 Å². The van der Waals surface area contributed by atoms with E-state index in [-0.39, 0.29) is 17.1 Å². The molecule has 0 aromatic rings. The molecule has 0 unspecified atom stereocenters. The van der Waals surface area contributed by atoms with Crippen LogP contribution in [0.5, 0.6) is 0 Å². The van der Waals surface area contributed by atoms with Crippen molar-refractivity contribution < 1.29 is 17.1 Å². The monoisotopic (exact) mass is 219 g/mol. The van der Waals surface area contributed by atoms with Gasteiger partial charge in [-0.1, -0.05) is 71.6 Å². The van der Waals surface area contributed by atoms with Gasteiger partial charge in [-0.25, -0.2) is 0 Å². The van der Waals surface area contributed by atoms with Crippen LogP contribution >= 0.6 is 0 Å². The van der Waals surface area contributed by atoms with Crippen molar-refractivity contribution in [1.29, 1.82) is 0 Å². The maximum Gasteiger partial charge on any atom is 0 e. The molecule has 0 heterocycles. The number of unbranched alkanes of at least 4 members (excludes halogenated alkanes) is 8. The minimum atomic E-state index is 0. The molecule has 0 aliphatic rings. The summed E-state index contributed by atoms with van der Waals surface area (Å²) < 4.78 is 0. The van der Waals surface area contributed by atoms with Gasteiger partial charge in [0.05, 0.1) is 0 Å². The topological polar surface area (TPSA) is 0 Å². The first kappa shape index (κ1) is 15.0. The summed E-state index contributed by atoms with van der Waals surface area (Å²) in [5.41, 5.74) is 0. The van der Waals surface area contributed by atoms with Gasteiger partial charge in [-0.15, -0.1) is 0 Å². The quantitative estimate of drug-likeness (QED) is 0.416. The first-order valence-corrected chi connectivity index (χ1v) is 5.41. The molecule has 0 fully saturated rings. The Morgan fingerprint density at radius 1 is 0.500 bits per heavy atom. The van der Waals surface area contributed by atoms with E-state index in [4.69, 9.17) is 0 Å². The Bertz CT molecular complexity index is 54.0. The first-order chi connectivity index (χ1) is 5.41. The molecule has 0 rings (SSSR count). The molecule has 0 aromatic heterocycles. The molecule has 0 aliphatic carbocycles. The fraction of sp³-hybridized carbons (Fsp3) is 1.00. The molecule has 0 atom stereocenters. The van der Waals surface area contributed by atoms with Gasteiger partial charge in [-0.05, 0) is 0 Å². The zero-order valence-corrected chi connectivity index (χ0v) is 9.61. The van der Waals surface area contributed by atoms with Crippen LogP contribution in [-0.2, 0) is 17.1 Å². The summed E-state index contributed by atoms with van der Waals surface area (Å²) in [6.45, 7) is 4.55. The Morgan fingerprint density at radius 3 is 1.00 bits per heavy atom. The predicted molar refractivity (Wildman–Crippen MR) is 52.9 cm³/mol. The van der Waals surface area contributed by atoms with Gasteiger partial charge in [0.15, 0.2) is 0 Å². The largest absolute Gasteiger partial charge is 0.0654 e. The first-order valence-electron chi connectivity index (χ1n) is 5.41. The van der Waals surface area contributed by atoms with Gasteiger partial charge in [0.25, 0.3) is 0 Å². The summed E-state index contributed by atoms with van der Waals surface area (Å²) in [7, 11) is 0. The second-order valence-corrected chi connectivity index (χ2v) is 3.47. The second kappa shape index (κ2) is 14.1. The molecular formula is C11H24Cu. The van der Waals surface area contributed by atoms with E-state index in [1.807, 2.05) is 0 Å². The van der Waals surface area contributed by atoms with Gasteiger partial charge >= 0.3 is 0 Å². The molecule has 0 bridgehead atoms. The van der Waals surface area contributed by atoms with Gasteiger partial charge in [-0.3, -0.25) is 0 Å². The molecule has 0 saturated heterocycles. The van der Waals surface area contributed by atoms with Crippen LogP contribution in [0.2, 0.25) is 0 Å². The van der Waals surface area contributed by atoms with E-state index in [0.29, 0.717) is 0 Å². The van der Waals surface area contributed by atoms with E-state index in [2.05, 4.69) is 13.8 Å². The second-order valence-electron chi connectivity index (χ2n) is 3.47. The van der Waals surface area contributed by atoms with Crippen molar-refractivity contribution in [1.82, 2.24) is 0 Å². The van der Waals surface area contributed by atoms with Crippen molar-refractivity contribution in [3.63, 3.8) is 0 Å². The van der Waals surface area contributed by atoms with E-state index in [1.54, 1.807) is 0 Å². The molecule has 0 aliphatic heterocycles. The normalized spacial score (nSPS) is 9.50. The number of hydrogen-bond acceptors (Lipinski definition) is 0. The maximum absolute atomic E-state index is 2.27. The molecule has 1 radical (unpaired) electrons. The summed E-state index contributed by atoms with van der Waals surface area (Å²) in [6.07, 6.45) is 13.0. The zero-order chi connectivity index (χ0) is 8.36. The minimum Gasteiger partial charge on any atom is -0.0654 e. The Balaban J connectivity index is 0. The van der Waals surface area contributed by atoms with Crippen LogP contribution in [0.1, 0.15) is 71.6 Å². The van der Waals surface area contributed by atoms with Crippen LogP contribution in [-0.4, -0.2) is 0 Å². The molecule has 0 amide bonds. The van der Waals surface area contributed by atoms with Crippen LogP contribution in [0, 0.1) is 0 Å². The molecule has 0 aromatic carbocycles. The summed E-state index contributed by atoms with van der Waals surface area (Å²) in [5, 5.41) is 0. The molecule has 0 saturated carbocycles. The smallest absolute Gasteiger partial charge is 0 e. The van der Waals surface area contributed by atoms with Crippen LogP contribution < -0.4 is 0 Å². The van der Waals surface area contributed by atoms with Crippen molar-refractivity contribution in [2.75, 3.05) is 0 Å². The van der Waals surface area contributed by atoms with Crippen LogP contribution in [0.3, 0.4) is 0 Å². The molecule has 79 valence electrons. The van der Waals surface area contributed by atoms with Crippen LogP contribution in [0.4, 0.5) is 0 Å². The van der Waals surface area contributed by atoms with Gasteiger partial charge in [-0.2, -0.15) is 0 Å². The van der Waals surface area contributed by atoms with Gasteiger partial charge in [0, 0.05) is 17.1 Å². The van der Waals surface area contributed by atoms with Crippen molar-refractivity contribution >= 4 is 0 Å². The summed E-state index contributed by atoms with van der Waals surface area (Å²) >= 11 is 0. The third kappa shape index (κ3) is 13.1. The van der Waals surface area contributed by atoms with Crippen LogP contribution in [0.25, 0.3) is 0 Å². The van der Waals surface area contributed by atoms with Crippen molar-refractivity contribution in [3.8, 4) is 0 Å². The van der Waals surface area contributed by atoms with E-state index < -0.39 is 0 Å². The zero-order valence-electron chi connectivity index (χ0n) is 8.67. The molecule has 0 nitrogen and oxygen atoms in total. The number of hydrogen-bond donors (Lipinski definition) is 0. The molecule has 0 spiro atoms. The molecule has 1 heteroatoms. The van der Waals surface area contributed by atoms with Gasteiger partial charge in [0.2, 0.25) is 0 Å². The van der Waals surface area contributed by atoms with Gasteiger partial charge < -0.3 is 0 Å². The fourth-order valence-corrected chi connectivity index (χ4v) is 1.38. The number of rotatable bonds is 8. The van der Waals surface area contributed by atoms with E-state index in [0.717, 1.165) is 0 Å². The summed E-state index contributed by atoms with van der Waals surface area (Å²) in [5.74, 6) is 0.